The second-order valence-electron chi connectivity index (χ2n) is 5.60. The van der Waals surface area contributed by atoms with Crippen LogP contribution in [0.5, 0.6) is 0 Å². The standard InChI is InChI=1S/C14H29N3O2/c1-12(2)19-8-4-6-16-14(18)11-17-7-3-5-13(9-15)10-17/h12-13H,3-11,15H2,1-2H3,(H,16,18). The van der Waals surface area contributed by atoms with Crippen LogP contribution in [-0.4, -0.2) is 56.2 Å². The Balaban J connectivity index is 2.07. The molecular formula is C14H29N3O2. The number of nitrogens with one attached hydrogen (secondary N) is 1. The first-order valence-corrected chi connectivity index (χ1v) is 7.42. The largest absolute Gasteiger partial charge is 0.379 e. The van der Waals surface area contributed by atoms with E-state index >= 15 is 0 Å². The predicted molar refractivity (Wildman–Crippen MR) is 76.9 cm³/mol. The summed E-state index contributed by atoms with van der Waals surface area (Å²) in [5.41, 5.74) is 5.69. The third-order valence-electron chi connectivity index (χ3n) is 3.40. The van der Waals surface area contributed by atoms with Crippen LogP contribution < -0.4 is 11.1 Å². The number of piperidine rings is 1. The van der Waals surface area contributed by atoms with E-state index in [9.17, 15) is 4.79 Å². The van der Waals surface area contributed by atoms with Gasteiger partial charge in [-0.3, -0.25) is 9.69 Å². The molecule has 0 aliphatic carbocycles. The van der Waals surface area contributed by atoms with Crippen molar-refractivity contribution in [2.45, 2.75) is 39.2 Å². The molecule has 0 bridgehead atoms. The third-order valence-corrected chi connectivity index (χ3v) is 3.40. The number of rotatable bonds is 8. The smallest absolute Gasteiger partial charge is 0.234 e. The molecule has 3 N–H and O–H groups in total. The molecule has 0 radical (unpaired) electrons. The minimum Gasteiger partial charge on any atom is -0.379 e. The van der Waals surface area contributed by atoms with Crippen LogP contribution in [0.1, 0.15) is 33.1 Å². The van der Waals surface area contributed by atoms with Crippen LogP contribution in [0.25, 0.3) is 0 Å². The highest BCUT2D eigenvalue weighted by Gasteiger charge is 2.20. The van der Waals surface area contributed by atoms with Crippen molar-refractivity contribution in [2.75, 3.05) is 39.3 Å². The van der Waals surface area contributed by atoms with E-state index in [-0.39, 0.29) is 12.0 Å². The summed E-state index contributed by atoms with van der Waals surface area (Å²) in [5, 5.41) is 2.94. The van der Waals surface area contributed by atoms with E-state index in [1.165, 1.54) is 6.42 Å². The van der Waals surface area contributed by atoms with Crippen LogP contribution in [-0.2, 0) is 9.53 Å². The van der Waals surface area contributed by atoms with Crippen molar-refractivity contribution in [3.05, 3.63) is 0 Å². The van der Waals surface area contributed by atoms with Gasteiger partial charge in [0.1, 0.15) is 0 Å². The van der Waals surface area contributed by atoms with Gasteiger partial charge in [0.2, 0.25) is 5.91 Å². The lowest BCUT2D eigenvalue weighted by Crippen LogP contribution is -2.44. The van der Waals surface area contributed by atoms with Crippen molar-refractivity contribution in [1.82, 2.24) is 10.2 Å². The second kappa shape index (κ2) is 9.28. The number of nitrogens with two attached hydrogens (primary N) is 1. The fraction of sp³-hybridized carbons (Fsp3) is 0.929. The summed E-state index contributed by atoms with van der Waals surface area (Å²) in [4.78, 5) is 14.0. The Bertz CT molecular complexity index is 259. The zero-order valence-electron chi connectivity index (χ0n) is 12.4. The Morgan fingerprint density at radius 3 is 3.00 bits per heavy atom. The molecule has 0 aromatic carbocycles. The molecule has 1 rings (SSSR count). The molecule has 1 unspecified atom stereocenters. The van der Waals surface area contributed by atoms with Crippen LogP contribution in [0.4, 0.5) is 0 Å². The van der Waals surface area contributed by atoms with E-state index in [4.69, 9.17) is 10.5 Å². The third kappa shape index (κ3) is 7.50. The normalized spacial score (nSPS) is 20.7. The summed E-state index contributed by atoms with van der Waals surface area (Å²) in [6.07, 6.45) is 3.48. The summed E-state index contributed by atoms with van der Waals surface area (Å²) in [5.74, 6) is 0.670. The van der Waals surface area contributed by atoms with Crippen molar-refractivity contribution in [3.8, 4) is 0 Å². The van der Waals surface area contributed by atoms with Gasteiger partial charge in [-0.15, -0.1) is 0 Å². The number of nitrogens with zero attached hydrogens (tertiary/aromatic N) is 1. The molecule has 0 spiro atoms. The Labute approximate surface area is 116 Å². The average molecular weight is 271 g/mol. The van der Waals surface area contributed by atoms with Gasteiger partial charge in [-0.2, -0.15) is 0 Å². The van der Waals surface area contributed by atoms with Gasteiger partial charge in [-0.1, -0.05) is 0 Å². The molecule has 1 heterocycles. The molecule has 112 valence electrons. The van der Waals surface area contributed by atoms with E-state index < -0.39 is 0 Å². The first kappa shape index (κ1) is 16.4. The van der Waals surface area contributed by atoms with Gasteiger partial charge in [0.15, 0.2) is 0 Å². The summed E-state index contributed by atoms with van der Waals surface area (Å²) in [6, 6.07) is 0. The molecule has 1 aliphatic heterocycles. The Kier molecular flexibility index (Phi) is 8.02. The molecule has 1 atom stereocenters. The van der Waals surface area contributed by atoms with E-state index in [1.807, 2.05) is 13.8 Å². The van der Waals surface area contributed by atoms with Crippen molar-refractivity contribution in [3.63, 3.8) is 0 Å². The molecule has 19 heavy (non-hydrogen) atoms. The quantitative estimate of drug-likeness (QED) is 0.634. The highest BCUT2D eigenvalue weighted by Crippen LogP contribution is 2.14. The zero-order chi connectivity index (χ0) is 14.1. The maximum absolute atomic E-state index is 11.8. The molecule has 0 aromatic heterocycles. The lowest BCUT2D eigenvalue weighted by atomic mass is 9.98. The van der Waals surface area contributed by atoms with Gasteiger partial charge < -0.3 is 15.8 Å². The monoisotopic (exact) mass is 271 g/mol. The summed E-state index contributed by atoms with van der Waals surface area (Å²) in [7, 11) is 0. The van der Waals surface area contributed by atoms with Crippen LogP contribution >= 0.6 is 0 Å². The Hall–Kier alpha value is -0.650. The Morgan fingerprint density at radius 2 is 2.32 bits per heavy atom. The predicted octanol–water partition coefficient (Wildman–Crippen LogP) is 0.588. The fourth-order valence-corrected chi connectivity index (χ4v) is 2.37. The second-order valence-corrected chi connectivity index (χ2v) is 5.60. The lowest BCUT2D eigenvalue weighted by Gasteiger charge is -2.31. The van der Waals surface area contributed by atoms with Gasteiger partial charge in [0.25, 0.3) is 0 Å². The molecule has 1 fully saturated rings. The molecule has 1 aliphatic rings. The fourth-order valence-electron chi connectivity index (χ4n) is 2.37. The van der Waals surface area contributed by atoms with E-state index in [1.54, 1.807) is 0 Å². The molecule has 0 saturated carbocycles. The van der Waals surface area contributed by atoms with Crippen LogP contribution in [0.15, 0.2) is 0 Å². The first-order chi connectivity index (χ1) is 9.11. The van der Waals surface area contributed by atoms with E-state index in [0.717, 1.165) is 32.5 Å². The minimum atomic E-state index is 0.113. The Morgan fingerprint density at radius 1 is 1.53 bits per heavy atom. The van der Waals surface area contributed by atoms with Gasteiger partial charge in [0.05, 0.1) is 12.6 Å². The highest BCUT2D eigenvalue weighted by molar-refractivity contribution is 5.77. The molecule has 1 amide bonds. The van der Waals surface area contributed by atoms with Crippen molar-refractivity contribution in [1.29, 1.82) is 0 Å². The van der Waals surface area contributed by atoms with Crippen LogP contribution in [0, 0.1) is 5.92 Å². The maximum atomic E-state index is 11.8. The summed E-state index contributed by atoms with van der Waals surface area (Å²) in [6.45, 7) is 8.63. The molecule has 5 heteroatoms. The molecular weight excluding hydrogens is 242 g/mol. The summed E-state index contributed by atoms with van der Waals surface area (Å²) < 4.78 is 5.43. The number of hydrogen-bond acceptors (Lipinski definition) is 4. The maximum Gasteiger partial charge on any atom is 0.234 e. The van der Waals surface area contributed by atoms with E-state index in [2.05, 4.69) is 10.2 Å². The van der Waals surface area contributed by atoms with Gasteiger partial charge >= 0.3 is 0 Å². The average Bonchev–Trinajstić information content (AvgIpc) is 2.38. The number of carbonyl (C=O) groups is 1. The van der Waals surface area contributed by atoms with Crippen molar-refractivity contribution < 1.29 is 9.53 Å². The molecule has 1 saturated heterocycles. The molecule has 0 aromatic rings. The molecule has 5 nitrogen and oxygen atoms in total. The number of hydrogen-bond donors (Lipinski definition) is 2. The lowest BCUT2D eigenvalue weighted by molar-refractivity contribution is -0.122. The number of likely N-dealkylation sites (tertiary alicyclic amines) is 1. The minimum absolute atomic E-state index is 0.113. The van der Waals surface area contributed by atoms with Crippen LogP contribution in [0.2, 0.25) is 0 Å². The topological polar surface area (TPSA) is 67.6 Å². The van der Waals surface area contributed by atoms with Crippen molar-refractivity contribution >= 4 is 5.91 Å². The zero-order valence-corrected chi connectivity index (χ0v) is 12.4. The van der Waals surface area contributed by atoms with Gasteiger partial charge in [-0.25, -0.2) is 0 Å². The van der Waals surface area contributed by atoms with Gasteiger partial charge in [-0.05, 0) is 52.1 Å². The first-order valence-electron chi connectivity index (χ1n) is 7.42. The number of amides is 1. The van der Waals surface area contributed by atoms with E-state index in [0.29, 0.717) is 25.6 Å². The number of carbonyl (C=O) groups excluding carboxylic acids is 1. The number of ether oxygens (including phenoxy) is 1. The highest BCUT2D eigenvalue weighted by atomic mass is 16.5. The summed E-state index contributed by atoms with van der Waals surface area (Å²) >= 11 is 0. The van der Waals surface area contributed by atoms with Crippen molar-refractivity contribution in [2.24, 2.45) is 11.7 Å². The SMILES string of the molecule is CC(C)OCCCNC(=O)CN1CCCC(CN)C1. The van der Waals surface area contributed by atoms with Crippen LogP contribution in [0.3, 0.4) is 0 Å². The van der Waals surface area contributed by atoms with Gasteiger partial charge in [0, 0.05) is 19.7 Å².